The summed E-state index contributed by atoms with van der Waals surface area (Å²) in [6.45, 7) is 2.42. The Morgan fingerprint density at radius 3 is 2.31 bits per heavy atom. The van der Waals surface area contributed by atoms with E-state index in [1.807, 2.05) is 6.92 Å². The number of benzene rings is 1. The summed E-state index contributed by atoms with van der Waals surface area (Å²) in [4.78, 5) is 0.997. The Kier molecular flexibility index (Phi) is 5.48. The molecule has 0 aliphatic rings. The zero-order valence-electron chi connectivity index (χ0n) is 13.9. The van der Waals surface area contributed by atoms with Crippen molar-refractivity contribution in [2.45, 2.75) is 24.1 Å². The minimum absolute atomic E-state index is 0.142. The molecule has 0 amide bonds. The van der Waals surface area contributed by atoms with E-state index in [9.17, 15) is 12.8 Å². The van der Waals surface area contributed by atoms with E-state index in [0.29, 0.717) is 12.4 Å². The lowest BCUT2D eigenvalue weighted by Crippen LogP contribution is -2.13. The van der Waals surface area contributed by atoms with E-state index in [1.54, 1.807) is 30.3 Å². The van der Waals surface area contributed by atoms with E-state index in [1.165, 1.54) is 29.5 Å². The van der Waals surface area contributed by atoms with E-state index < -0.39 is 10.0 Å². The Balaban J connectivity index is 1.62. The number of aromatic nitrogens is 2. The van der Waals surface area contributed by atoms with Gasteiger partial charge in [-0.1, -0.05) is 19.1 Å². The molecule has 0 radical (unpaired) electrons. The molecule has 0 fully saturated rings. The lowest BCUT2D eigenvalue weighted by Gasteiger charge is -2.07. The van der Waals surface area contributed by atoms with Gasteiger partial charge < -0.3 is 5.32 Å². The summed E-state index contributed by atoms with van der Waals surface area (Å²) in [6, 6.07) is 12.6. The van der Waals surface area contributed by atoms with E-state index in [4.69, 9.17) is 0 Å². The summed E-state index contributed by atoms with van der Waals surface area (Å²) >= 11 is 1.23. The first kappa shape index (κ1) is 18.3. The molecule has 3 aromatic rings. The fourth-order valence-electron chi connectivity index (χ4n) is 2.16. The summed E-state index contributed by atoms with van der Waals surface area (Å²) in [7, 11) is -3.66. The molecule has 2 heterocycles. The van der Waals surface area contributed by atoms with Crippen LogP contribution in [0.5, 0.6) is 0 Å². The maximum Gasteiger partial charge on any atom is 0.272 e. The Hall–Kier alpha value is -2.52. The largest absolute Gasteiger partial charge is 0.365 e. The Morgan fingerprint density at radius 2 is 1.69 bits per heavy atom. The predicted molar refractivity (Wildman–Crippen MR) is 100 cm³/mol. The number of nitrogens with zero attached hydrogens (tertiary/aromatic N) is 2. The van der Waals surface area contributed by atoms with Gasteiger partial charge in [-0.3, -0.25) is 4.72 Å². The fraction of sp³-hybridized carbons (Fsp3) is 0.176. The number of sulfonamides is 1. The highest BCUT2D eigenvalue weighted by atomic mass is 32.2. The van der Waals surface area contributed by atoms with E-state index >= 15 is 0 Å². The second-order valence-electron chi connectivity index (χ2n) is 5.46. The first-order chi connectivity index (χ1) is 12.5. The maximum absolute atomic E-state index is 12.9. The van der Waals surface area contributed by atoms with Crippen LogP contribution in [-0.2, 0) is 23.0 Å². The molecule has 9 heteroatoms. The van der Waals surface area contributed by atoms with Crippen molar-refractivity contribution in [2.75, 3.05) is 10.0 Å². The first-order valence-corrected chi connectivity index (χ1v) is 10.2. The number of rotatable bonds is 7. The van der Waals surface area contributed by atoms with E-state index in [2.05, 4.69) is 20.2 Å². The molecule has 0 aliphatic heterocycles. The smallest absolute Gasteiger partial charge is 0.272 e. The highest BCUT2D eigenvalue weighted by Gasteiger charge is 2.17. The van der Waals surface area contributed by atoms with Crippen molar-refractivity contribution in [1.29, 1.82) is 0 Å². The van der Waals surface area contributed by atoms with Crippen molar-refractivity contribution >= 4 is 33.0 Å². The topological polar surface area (TPSA) is 84.0 Å². The van der Waals surface area contributed by atoms with Gasteiger partial charge in [0.05, 0.1) is 0 Å². The van der Waals surface area contributed by atoms with Gasteiger partial charge in [-0.05, 0) is 48.4 Å². The third-order valence-electron chi connectivity index (χ3n) is 3.54. The quantitative estimate of drug-likeness (QED) is 0.641. The molecule has 0 bridgehead atoms. The van der Waals surface area contributed by atoms with Crippen LogP contribution >= 0.6 is 11.3 Å². The van der Waals surface area contributed by atoms with Crippen molar-refractivity contribution in [3.63, 3.8) is 0 Å². The number of anilines is 2. The molecule has 0 atom stereocenters. The molecule has 26 heavy (non-hydrogen) atoms. The van der Waals surface area contributed by atoms with Crippen molar-refractivity contribution < 1.29 is 12.8 Å². The lowest BCUT2D eigenvalue weighted by atomic mass is 10.2. The van der Waals surface area contributed by atoms with Crippen LogP contribution in [0.1, 0.15) is 17.4 Å². The lowest BCUT2D eigenvalue weighted by molar-refractivity contribution is 0.603. The predicted octanol–water partition coefficient (Wildman–Crippen LogP) is 3.65. The highest BCUT2D eigenvalue weighted by Crippen LogP contribution is 2.23. The van der Waals surface area contributed by atoms with Crippen molar-refractivity contribution in [3.05, 3.63) is 64.8 Å². The van der Waals surface area contributed by atoms with Crippen LogP contribution in [0.4, 0.5) is 16.0 Å². The summed E-state index contributed by atoms with van der Waals surface area (Å²) in [5.74, 6) is 0.340. The van der Waals surface area contributed by atoms with Gasteiger partial charge in [0, 0.05) is 11.4 Å². The molecular weight excluding hydrogens is 375 g/mol. The number of halogens is 1. The van der Waals surface area contributed by atoms with Crippen molar-refractivity contribution in [2.24, 2.45) is 0 Å². The fourth-order valence-corrected chi connectivity index (χ4v) is 4.45. The van der Waals surface area contributed by atoms with Crippen LogP contribution in [0.15, 0.2) is 52.7 Å². The SMILES string of the molecule is CCc1ccc(S(=O)(=O)Nc2ccc(NCc3ccc(F)cc3)nn2)s1. The van der Waals surface area contributed by atoms with Gasteiger partial charge in [0.25, 0.3) is 10.0 Å². The summed E-state index contributed by atoms with van der Waals surface area (Å²) in [5.41, 5.74) is 0.891. The normalized spacial score (nSPS) is 11.3. The Morgan fingerprint density at radius 1 is 1.00 bits per heavy atom. The zero-order valence-corrected chi connectivity index (χ0v) is 15.6. The average molecular weight is 392 g/mol. The molecule has 1 aromatic carbocycles. The number of hydrogen-bond acceptors (Lipinski definition) is 6. The molecular formula is C17H17FN4O2S2. The maximum atomic E-state index is 12.9. The van der Waals surface area contributed by atoms with Gasteiger partial charge in [-0.15, -0.1) is 21.5 Å². The molecule has 0 aliphatic carbocycles. The van der Waals surface area contributed by atoms with Crippen molar-refractivity contribution in [3.8, 4) is 0 Å². The van der Waals surface area contributed by atoms with Crippen LogP contribution in [0.3, 0.4) is 0 Å². The number of hydrogen-bond donors (Lipinski definition) is 2. The van der Waals surface area contributed by atoms with Gasteiger partial charge >= 0.3 is 0 Å². The van der Waals surface area contributed by atoms with E-state index in [-0.39, 0.29) is 15.8 Å². The molecule has 6 nitrogen and oxygen atoms in total. The monoisotopic (exact) mass is 392 g/mol. The molecule has 2 N–H and O–H groups in total. The van der Waals surface area contributed by atoms with Gasteiger partial charge in [-0.2, -0.15) is 0 Å². The van der Waals surface area contributed by atoms with Gasteiger partial charge in [0.15, 0.2) is 5.82 Å². The van der Waals surface area contributed by atoms with Crippen molar-refractivity contribution in [1.82, 2.24) is 10.2 Å². The number of nitrogens with one attached hydrogen (secondary N) is 2. The standard InChI is InChI=1S/C17H17FN4O2S2/c1-2-14-7-10-17(25-14)26(23,24)22-16-9-8-15(20-21-16)19-11-12-3-5-13(18)6-4-12/h3-10H,2,11H2,1H3,(H,19,20)(H,21,22). The minimum atomic E-state index is -3.66. The minimum Gasteiger partial charge on any atom is -0.365 e. The van der Waals surface area contributed by atoms with Gasteiger partial charge in [0.2, 0.25) is 0 Å². The van der Waals surface area contributed by atoms with Crippen LogP contribution < -0.4 is 10.0 Å². The van der Waals surface area contributed by atoms with Crippen LogP contribution in [0.25, 0.3) is 0 Å². The third kappa shape index (κ3) is 4.55. The summed E-state index contributed by atoms with van der Waals surface area (Å²) in [6.07, 6.45) is 0.786. The van der Waals surface area contributed by atoms with Crippen LogP contribution in [0, 0.1) is 5.82 Å². The van der Waals surface area contributed by atoms with Crippen LogP contribution in [-0.4, -0.2) is 18.6 Å². The van der Waals surface area contributed by atoms with E-state index in [0.717, 1.165) is 16.9 Å². The molecule has 136 valence electrons. The molecule has 2 aromatic heterocycles. The van der Waals surface area contributed by atoms with Crippen LogP contribution in [0.2, 0.25) is 0 Å². The average Bonchev–Trinajstić information content (AvgIpc) is 3.12. The first-order valence-electron chi connectivity index (χ1n) is 7.90. The zero-order chi connectivity index (χ0) is 18.6. The second kappa shape index (κ2) is 7.79. The number of thiophene rings is 1. The Labute approximate surface area is 155 Å². The molecule has 0 spiro atoms. The second-order valence-corrected chi connectivity index (χ2v) is 8.54. The molecule has 0 saturated carbocycles. The molecule has 3 rings (SSSR count). The van der Waals surface area contributed by atoms with Gasteiger partial charge in [0.1, 0.15) is 15.8 Å². The molecule has 0 unspecified atom stereocenters. The Bertz CT molecular complexity index is 971. The molecule has 0 saturated heterocycles. The number of aryl methyl sites for hydroxylation is 1. The third-order valence-corrected chi connectivity index (χ3v) is 6.62. The highest BCUT2D eigenvalue weighted by molar-refractivity contribution is 7.94. The summed E-state index contributed by atoms with van der Waals surface area (Å²) < 4.78 is 40.2. The van der Waals surface area contributed by atoms with Gasteiger partial charge in [-0.25, -0.2) is 12.8 Å². The summed E-state index contributed by atoms with van der Waals surface area (Å²) in [5, 5.41) is 10.9.